The molecule has 0 spiro atoms. The molecule has 0 atom stereocenters. The molecule has 0 bridgehead atoms. The summed E-state index contributed by atoms with van der Waals surface area (Å²) >= 11 is 1.08. The minimum atomic E-state index is -2.58. The predicted octanol–water partition coefficient (Wildman–Crippen LogP) is 4.58. The van der Waals surface area contributed by atoms with Gasteiger partial charge in [-0.15, -0.1) is 0 Å². The van der Waals surface area contributed by atoms with Crippen LogP contribution in [0.1, 0.15) is 58.8 Å². The predicted molar refractivity (Wildman–Crippen MR) is 67.2 cm³/mol. The second-order valence-corrected chi connectivity index (χ2v) is 5.07. The largest absolute Gasteiger partial charge is 0.391 e. The molecule has 0 aromatic rings. The lowest BCUT2D eigenvalue weighted by molar-refractivity contribution is -0.133. The molecule has 0 rings (SSSR count). The second kappa shape index (κ2) is 9.68. The average molecular weight is 268 g/mol. The number of carbonyl (C=O) groups excluding carboxylic acids is 1. The van der Waals surface area contributed by atoms with Gasteiger partial charge in [-0.25, -0.2) is 8.78 Å². The van der Waals surface area contributed by atoms with E-state index in [0.29, 0.717) is 25.0 Å². The molecule has 0 N–H and O–H groups in total. The van der Waals surface area contributed by atoms with Crippen molar-refractivity contribution >= 4 is 18.0 Å². The number of rotatable bonds is 10. The van der Waals surface area contributed by atoms with Crippen LogP contribution in [0.2, 0.25) is 0 Å². The van der Waals surface area contributed by atoms with Crippen molar-refractivity contribution < 1.29 is 17.8 Å². The Labute approximate surface area is 107 Å². The summed E-state index contributed by atoms with van der Waals surface area (Å²) in [4.78, 5) is 11.1. The van der Waals surface area contributed by atoms with Crippen LogP contribution in [-0.2, 0) is 8.98 Å². The van der Waals surface area contributed by atoms with Gasteiger partial charge in [0.1, 0.15) is 0 Å². The van der Waals surface area contributed by atoms with Gasteiger partial charge >= 0.3 is 5.97 Å². The van der Waals surface area contributed by atoms with E-state index in [9.17, 15) is 13.6 Å². The first-order chi connectivity index (χ1) is 7.95. The fourth-order valence-electron chi connectivity index (χ4n) is 1.26. The third kappa shape index (κ3) is 13.6. The van der Waals surface area contributed by atoms with Crippen molar-refractivity contribution in [1.29, 1.82) is 0 Å². The highest BCUT2D eigenvalue weighted by Gasteiger charge is 2.19. The summed E-state index contributed by atoms with van der Waals surface area (Å²) in [6.07, 6.45) is 4.43. The smallest absolute Gasteiger partial charge is 0.317 e. The van der Waals surface area contributed by atoms with Crippen LogP contribution in [0, 0.1) is 0 Å². The van der Waals surface area contributed by atoms with Gasteiger partial charge in [0.2, 0.25) is 5.92 Å². The Balaban J connectivity index is 3.25. The molecule has 0 aromatic heterocycles. The highest BCUT2D eigenvalue weighted by atomic mass is 32.2. The number of alkyl halides is 2. The van der Waals surface area contributed by atoms with Gasteiger partial charge in [-0.3, -0.25) is 4.79 Å². The Hall–Kier alpha value is -0.320. The lowest BCUT2D eigenvalue weighted by Crippen LogP contribution is -2.08. The molecule has 0 radical (unpaired) electrons. The molecule has 0 amide bonds. The fraction of sp³-hybridized carbons (Fsp3) is 0.917. The Morgan fingerprint density at radius 3 is 2.53 bits per heavy atom. The minimum Gasteiger partial charge on any atom is -0.391 e. The first-order valence-electron chi connectivity index (χ1n) is 6.16. The first-order valence-corrected chi connectivity index (χ1v) is 7.07. The zero-order chi connectivity index (χ0) is 13.1. The maximum Gasteiger partial charge on any atom is 0.317 e. The van der Waals surface area contributed by atoms with Crippen molar-refractivity contribution in [2.24, 2.45) is 0 Å². The summed E-state index contributed by atoms with van der Waals surface area (Å²) in [6, 6.07) is 0. The van der Waals surface area contributed by atoms with Crippen LogP contribution >= 0.6 is 12.0 Å². The Morgan fingerprint density at radius 2 is 1.94 bits per heavy atom. The third-order valence-electron chi connectivity index (χ3n) is 2.23. The molecule has 0 heterocycles. The molecule has 0 fully saturated rings. The summed E-state index contributed by atoms with van der Waals surface area (Å²) in [7, 11) is 0. The number of hydrogen-bond acceptors (Lipinski definition) is 3. The third-order valence-corrected chi connectivity index (χ3v) is 2.99. The van der Waals surface area contributed by atoms with Crippen molar-refractivity contribution in [3.8, 4) is 0 Å². The van der Waals surface area contributed by atoms with Crippen molar-refractivity contribution in [3.05, 3.63) is 0 Å². The van der Waals surface area contributed by atoms with Crippen LogP contribution < -0.4 is 0 Å². The molecule has 0 aliphatic heterocycles. The molecule has 0 saturated heterocycles. The fourth-order valence-corrected chi connectivity index (χ4v) is 1.88. The number of carbonyl (C=O) groups is 1. The van der Waals surface area contributed by atoms with Crippen molar-refractivity contribution in [3.63, 3.8) is 0 Å². The van der Waals surface area contributed by atoms with Gasteiger partial charge < -0.3 is 4.18 Å². The lowest BCUT2D eigenvalue weighted by atomic mass is 10.2. The van der Waals surface area contributed by atoms with Crippen LogP contribution in [0.25, 0.3) is 0 Å². The van der Waals surface area contributed by atoms with Crippen LogP contribution in [0.3, 0.4) is 0 Å². The molecular formula is C12H22F2O2S. The van der Waals surface area contributed by atoms with E-state index >= 15 is 0 Å². The molecule has 0 aliphatic rings. The Morgan fingerprint density at radius 1 is 1.24 bits per heavy atom. The Kier molecular flexibility index (Phi) is 9.50. The first kappa shape index (κ1) is 16.7. The van der Waals surface area contributed by atoms with E-state index in [1.807, 2.05) is 0 Å². The number of unbranched alkanes of at least 4 members (excludes halogenated alkanes) is 3. The summed E-state index contributed by atoms with van der Waals surface area (Å²) in [5.74, 6) is -2.19. The second-order valence-electron chi connectivity index (χ2n) is 4.26. The normalized spacial score (nSPS) is 11.5. The Bertz CT molecular complexity index is 205. The maximum absolute atomic E-state index is 12.4. The average Bonchev–Trinajstić information content (AvgIpc) is 2.22. The van der Waals surface area contributed by atoms with Gasteiger partial charge in [0, 0.05) is 18.6 Å². The van der Waals surface area contributed by atoms with Gasteiger partial charge in [-0.1, -0.05) is 19.8 Å². The molecule has 0 unspecified atom stereocenters. The van der Waals surface area contributed by atoms with E-state index in [4.69, 9.17) is 4.18 Å². The van der Waals surface area contributed by atoms with Crippen LogP contribution in [0.5, 0.6) is 0 Å². The SMILES string of the molecule is CCCCCC(=O)OSCCCCC(C)(F)F. The van der Waals surface area contributed by atoms with Gasteiger partial charge in [0.25, 0.3) is 0 Å². The molecule has 5 heteroatoms. The van der Waals surface area contributed by atoms with Gasteiger partial charge in [-0.05, 0) is 26.2 Å². The van der Waals surface area contributed by atoms with Crippen LogP contribution in [0.15, 0.2) is 0 Å². The van der Waals surface area contributed by atoms with Gasteiger partial charge in [0.15, 0.2) is 0 Å². The summed E-state index contributed by atoms with van der Waals surface area (Å²) < 4.78 is 29.8. The van der Waals surface area contributed by atoms with Gasteiger partial charge in [0.05, 0.1) is 12.0 Å². The van der Waals surface area contributed by atoms with Crippen molar-refractivity contribution in [2.45, 2.75) is 64.7 Å². The van der Waals surface area contributed by atoms with E-state index in [1.165, 1.54) is 0 Å². The van der Waals surface area contributed by atoms with Crippen LogP contribution in [-0.4, -0.2) is 17.6 Å². The van der Waals surface area contributed by atoms with E-state index in [2.05, 4.69) is 6.92 Å². The topological polar surface area (TPSA) is 26.3 Å². The zero-order valence-corrected chi connectivity index (χ0v) is 11.5. The summed E-state index contributed by atoms with van der Waals surface area (Å²) in [5.41, 5.74) is 0. The summed E-state index contributed by atoms with van der Waals surface area (Å²) in [5, 5.41) is 0. The quantitative estimate of drug-likeness (QED) is 0.428. The van der Waals surface area contributed by atoms with Crippen molar-refractivity contribution in [2.75, 3.05) is 5.75 Å². The van der Waals surface area contributed by atoms with E-state index < -0.39 is 5.92 Å². The van der Waals surface area contributed by atoms with Crippen molar-refractivity contribution in [1.82, 2.24) is 0 Å². The molecule has 102 valence electrons. The summed E-state index contributed by atoms with van der Waals surface area (Å²) in [6.45, 7) is 3.00. The minimum absolute atomic E-state index is 0.0992. The zero-order valence-electron chi connectivity index (χ0n) is 10.6. The highest BCUT2D eigenvalue weighted by molar-refractivity contribution is 7.95. The standard InChI is InChI=1S/C12H22F2O2S/c1-3-4-5-8-11(15)16-17-10-7-6-9-12(2,13)14/h3-10H2,1-2H3. The van der Waals surface area contributed by atoms with E-state index in [0.717, 1.165) is 38.2 Å². The number of hydrogen-bond donors (Lipinski definition) is 0. The molecular weight excluding hydrogens is 246 g/mol. The van der Waals surface area contributed by atoms with Gasteiger partial charge in [-0.2, -0.15) is 0 Å². The van der Waals surface area contributed by atoms with Crippen LogP contribution in [0.4, 0.5) is 8.78 Å². The monoisotopic (exact) mass is 268 g/mol. The number of halogens is 2. The molecule has 17 heavy (non-hydrogen) atoms. The highest BCUT2D eigenvalue weighted by Crippen LogP contribution is 2.20. The van der Waals surface area contributed by atoms with E-state index in [1.54, 1.807) is 0 Å². The molecule has 0 aliphatic carbocycles. The molecule has 0 saturated carbocycles. The molecule has 2 nitrogen and oxygen atoms in total. The lowest BCUT2D eigenvalue weighted by Gasteiger charge is -2.08. The maximum atomic E-state index is 12.4. The molecule has 0 aromatic carbocycles. The van der Waals surface area contributed by atoms with E-state index in [-0.39, 0.29) is 12.4 Å².